The number of alkyl halides is 2. The lowest BCUT2D eigenvalue weighted by atomic mass is 9.82. The second-order valence-corrected chi connectivity index (χ2v) is 10.7. The van der Waals surface area contributed by atoms with E-state index in [1.54, 1.807) is 0 Å². The summed E-state index contributed by atoms with van der Waals surface area (Å²) in [5.41, 5.74) is 0.858. The highest BCUT2D eigenvalue weighted by Gasteiger charge is 2.49. The van der Waals surface area contributed by atoms with Crippen molar-refractivity contribution in [1.29, 1.82) is 0 Å². The Morgan fingerprint density at radius 2 is 1.92 bits per heavy atom. The Balaban J connectivity index is 1.66. The molecule has 206 valence electrons. The third kappa shape index (κ3) is 8.55. The minimum Gasteiger partial charge on any atom is -0.467 e. The maximum Gasteiger partial charge on any atom is 0.328 e. The van der Waals surface area contributed by atoms with E-state index in [0.29, 0.717) is 12.6 Å². The molecule has 1 aliphatic heterocycles. The summed E-state index contributed by atoms with van der Waals surface area (Å²) in [5.74, 6) is -2.48. The van der Waals surface area contributed by atoms with Crippen molar-refractivity contribution in [1.82, 2.24) is 15.5 Å². The summed E-state index contributed by atoms with van der Waals surface area (Å²) >= 11 is 13.4. The molecule has 2 fully saturated rings. The standard InChI is InChI=1S/C26H37Cl2N3O6/c1-16-15-31(10-9-29-16)11-12-36-24-20(27)14-19(23(22(24)28)37-17(2)32)25(33)30-21(26(34)35-3)13-18-7-5-4-6-8-18/h4-8,16,19-24,29H,9-15H2,1-3H3,(H,30,33)/t16?,19?,20?,21-,22?,23?,24?/m0/s1. The van der Waals surface area contributed by atoms with Gasteiger partial charge >= 0.3 is 11.9 Å². The number of nitrogens with zero attached hydrogens (tertiary/aromatic N) is 1. The van der Waals surface area contributed by atoms with Gasteiger partial charge in [0.1, 0.15) is 12.1 Å². The van der Waals surface area contributed by atoms with Crippen LogP contribution in [0.3, 0.4) is 0 Å². The summed E-state index contributed by atoms with van der Waals surface area (Å²) in [5, 5.41) is 4.73. The van der Waals surface area contributed by atoms with E-state index in [1.165, 1.54) is 14.0 Å². The molecule has 2 aliphatic rings. The van der Waals surface area contributed by atoms with Crippen LogP contribution in [0.5, 0.6) is 0 Å². The maximum atomic E-state index is 13.4. The lowest BCUT2D eigenvalue weighted by Gasteiger charge is -2.41. The molecule has 9 nitrogen and oxygen atoms in total. The van der Waals surface area contributed by atoms with Crippen molar-refractivity contribution in [2.75, 3.05) is 39.9 Å². The molecule has 0 bridgehead atoms. The number of carbonyl (C=O) groups is 3. The Labute approximate surface area is 228 Å². The fourth-order valence-corrected chi connectivity index (χ4v) is 5.88. The number of hydrogen-bond donors (Lipinski definition) is 2. The van der Waals surface area contributed by atoms with Crippen molar-refractivity contribution in [2.45, 2.75) is 61.7 Å². The predicted molar refractivity (Wildman–Crippen MR) is 141 cm³/mol. The first-order chi connectivity index (χ1) is 17.7. The van der Waals surface area contributed by atoms with Gasteiger partial charge in [0.15, 0.2) is 0 Å². The molecule has 1 saturated carbocycles. The van der Waals surface area contributed by atoms with E-state index in [4.69, 9.17) is 37.4 Å². The van der Waals surface area contributed by atoms with Gasteiger partial charge in [-0.1, -0.05) is 30.3 Å². The minimum atomic E-state index is -0.964. The van der Waals surface area contributed by atoms with Crippen molar-refractivity contribution in [3.63, 3.8) is 0 Å². The first-order valence-electron chi connectivity index (χ1n) is 12.6. The Hall–Kier alpha value is -1.91. The number of nitrogens with one attached hydrogen (secondary N) is 2. The highest BCUT2D eigenvalue weighted by atomic mass is 35.5. The number of ether oxygens (including phenoxy) is 3. The summed E-state index contributed by atoms with van der Waals surface area (Å²) in [4.78, 5) is 40.0. The SMILES string of the molecule is COC(=O)[C@H](Cc1ccccc1)NC(=O)C1CC(Cl)C(OCCN2CCNC(C)C2)C(Cl)C1OC(C)=O. The molecule has 6 unspecified atom stereocenters. The molecule has 1 saturated heterocycles. The van der Waals surface area contributed by atoms with Crippen LogP contribution in [0.4, 0.5) is 0 Å². The van der Waals surface area contributed by atoms with Gasteiger partial charge in [-0.15, -0.1) is 23.2 Å². The zero-order chi connectivity index (χ0) is 26.9. The van der Waals surface area contributed by atoms with Crippen LogP contribution in [0.2, 0.25) is 0 Å². The van der Waals surface area contributed by atoms with Crippen LogP contribution >= 0.6 is 23.2 Å². The van der Waals surface area contributed by atoms with Gasteiger partial charge in [0.2, 0.25) is 5.91 Å². The van der Waals surface area contributed by atoms with Crippen LogP contribution in [0.1, 0.15) is 25.8 Å². The number of amides is 1. The smallest absolute Gasteiger partial charge is 0.328 e. The van der Waals surface area contributed by atoms with Gasteiger partial charge in [0, 0.05) is 45.6 Å². The first-order valence-corrected chi connectivity index (χ1v) is 13.5. The van der Waals surface area contributed by atoms with E-state index in [1.807, 2.05) is 30.3 Å². The van der Waals surface area contributed by atoms with Crippen LogP contribution in [0, 0.1) is 5.92 Å². The third-order valence-electron chi connectivity index (χ3n) is 6.75. The monoisotopic (exact) mass is 557 g/mol. The lowest BCUT2D eigenvalue weighted by molar-refractivity contribution is -0.158. The van der Waals surface area contributed by atoms with Crippen LogP contribution in [-0.2, 0) is 35.0 Å². The van der Waals surface area contributed by atoms with Gasteiger partial charge in [-0.25, -0.2) is 4.79 Å². The Bertz CT molecular complexity index is 908. The predicted octanol–water partition coefficient (Wildman–Crippen LogP) is 1.73. The van der Waals surface area contributed by atoms with Crippen molar-refractivity contribution in [3.8, 4) is 0 Å². The molecule has 7 atom stereocenters. The number of hydrogen-bond acceptors (Lipinski definition) is 8. The zero-order valence-corrected chi connectivity index (χ0v) is 23.0. The van der Waals surface area contributed by atoms with Crippen molar-refractivity contribution in [2.24, 2.45) is 5.92 Å². The summed E-state index contributed by atoms with van der Waals surface area (Å²) in [7, 11) is 1.27. The number of carbonyl (C=O) groups excluding carboxylic acids is 3. The van der Waals surface area contributed by atoms with Crippen LogP contribution in [0.25, 0.3) is 0 Å². The topological polar surface area (TPSA) is 106 Å². The van der Waals surface area contributed by atoms with Crippen molar-refractivity contribution in [3.05, 3.63) is 35.9 Å². The molecule has 1 aromatic carbocycles. The lowest BCUT2D eigenvalue weighted by Crippen LogP contribution is -2.58. The van der Waals surface area contributed by atoms with E-state index in [2.05, 4.69) is 22.5 Å². The molecule has 2 N–H and O–H groups in total. The molecule has 1 amide bonds. The quantitative estimate of drug-likeness (QED) is 0.331. The molecule has 0 aromatic heterocycles. The second kappa shape index (κ2) is 14.3. The summed E-state index contributed by atoms with van der Waals surface area (Å²) in [6, 6.07) is 8.77. The number of halogens is 2. The molecule has 1 heterocycles. The van der Waals surface area contributed by atoms with Crippen LogP contribution in [-0.4, -0.2) is 97.7 Å². The van der Waals surface area contributed by atoms with Gasteiger partial charge in [-0.05, 0) is 18.9 Å². The van der Waals surface area contributed by atoms with E-state index < -0.39 is 52.8 Å². The molecule has 11 heteroatoms. The van der Waals surface area contributed by atoms with Gasteiger partial charge in [0.25, 0.3) is 0 Å². The summed E-state index contributed by atoms with van der Waals surface area (Å²) in [6.45, 7) is 7.30. The first kappa shape index (κ1) is 29.6. The van der Waals surface area contributed by atoms with Gasteiger partial charge in [0.05, 0.1) is 36.5 Å². The molecule has 1 aliphatic carbocycles. The second-order valence-electron chi connectivity index (χ2n) is 9.64. The largest absolute Gasteiger partial charge is 0.467 e. The number of esters is 2. The van der Waals surface area contributed by atoms with Crippen LogP contribution in [0.15, 0.2) is 30.3 Å². The summed E-state index contributed by atoms with van der Waals surface area (Å²) in [6.07, 6.45) is -1.16. The Kier molecular flexibility index (Phi) is 11.5. The minimum absolute atomic E-state index is 0.170. The van der Waals surface area contributed by atoms with Gasteiger partial charge in [-0.2, -0.15) is 0 Å². The van der Waals surface area contributed by atoms with Gasteiger partial charge in [-0.3, -0.25) is 14.5 Å². The Morgan fingerprint density at radius 3 is 2.57 bits per heavy atom. The molecule has 1 aromatic rings. The highest BCUT2D eigenvalue weighted by Crippen LogP contribution is 2.36. The average Bonchev–Trinajstić information content (AvgIpc) is 2.87. The van der Waals surface area contributed by atoms with Crippen molar-refractivity contribution >= 4 is 41.0 Å². The molecule has 0 radical (unpaired) electrons. The van der Waals surface area contributed by atoms with Crippen LogP contribution < -0.4 is 10.6 Å². The molecule has 3 rings (SSSR count). The van der Waals surface area contributed by atoms with Crippen molar-refractivity contribution < 1.29 is 28.6 Å². The molecular formula is C26H37Cl2N3O6. The molecule has 37 heavy (non-hydrogen) atoms. The van der Waals surface area contributed by atoms with Gasteiger partial charge < -0.3 is 24.8 Å². The number of piperazine rings is 1. The molecular weight excluding hydrogens is 521 g/mol. The third-order valence-corrected chi connectivity index (χ3v) is 7.68. The average molecular weight is 559 g/mol. The number of rotatable bonds is 10. The van der Waals surface area contributed by atoms with E-state index in [9.17, 15) is 14.4 Å². The maximum absolute atomic E-state index is 13.4. The highest BCUT2D eigenvalue weighted by molar-refractivity contribution is 6.25. The summed E-state index contributed by atoms with van der Waals surface area (Å²) < 4.78 is 16.5. The Morgan fingerprint density at radius 1 is 1.19 bits per heavy atom. The van der Waals surface area contributed by atoms with E-state index in [0.717, 1.165) is 31.7 Å². The molecule has 0 spiro atoms. The zero-order valence-electron chi connectivity index (χ0n) is 21.5. The van der Waals surface area contributed by atoms with E-state index in [-0.39, 0.29) is 12.8 Å². The normalized spacial score (nSPS) is 29.2. The fourth-order valence-electron chi connectivity index (χ4n) is 4.91. The fraction of sp³-hybridized carbons (Fsp3) is 0.654. The van der Waals surface area contributed by atoms with E-state index >= 15 is 0 Å². The number of methoxy groups -OCH3 is 1. The number of benzene rings is 1.